The Balaban J connectivity index is 1.95. The monoisotopic (exact) mass is 269 g/mol. The van der Waals surface area contributed by atoms with Gasteiger partial charge in [-0.2, -0.15) is 4.98 Å². The Morgan fingerprint density at radius 1 is 1.10 bits per heavy atom. The van der Waals surface area contributed by atoms with E-state index in [0.717, 1.165) is 43.3 Å². The number of nitrogens with one attached hydrogen (secondary N) is 1. The summed E-state index contributed by atoms with van der Waals surface area (Å²) < 4.78 is 0. The molecular formula is C15H19N5. The predicted molar refractivity (Wildman–Crippen MR) is 81.7 cm³/mol. The van der Waals surface area contributed by atoms with Crippen molar-refractivity contribution in [3.05, 3.63) is 35.9 Å². The van der Waals surface area contributed by atoms with Crippen LogP contribution in [0.15, 0.2) is 30.3 Å². The predicted octanol–water partition coefficient (Wildman–Crippen LogP) is 1.44. The van der Waals surface area contributed by atoms with Crippen LogP contribution in [0.3, 0.4) is 0 Å². The Morgan fingerprint density at radius 2 is 1.80 bits per heavy atom. The Labute approximate surface area is 118 Å². The number of benzene rings is 1. The van der Waals surface area contributed by atoms with E-state index in [1.165, 1.54) is 5.56 Å². The molecule has 0 bridgehead atoms. The normalized spacial score (nSPS) is 15.3. The molecule has 1 fully saturated rings. The maximum absolute atomic E-state index is 5.87. The zero-order chi connectivity index (χ0) is 13.9. The van der Waals surface area contributed by atoms with Crippen molar-refractivity contribution >= 4 is 11.8 Å². The van der Waals surface area contributed by atoms with Crippen LogP contribution in [0.4, 0.5) is 11.8 Å². The summed E-state index contributed by atoms with van der Waals surface area (Å²) in [5.41, 5.74) is 9.05. The standard InChI is InChI=1S/C15H19N5/c1-11-2-4-12(5-3-11)13-10-14(19-15(16)18-13)20-8-6-17-7-9-20/h2-5,10,17H,6-9H2,1H3,(H2,16,18,19). The number of nitrogens with zero attached hydrogens (tertiary/aromatic N) is 3. The highest BCUT2D eigenvalue weighted by molar-refractivity contribution is 5.64. The number of piperazine rings is 1. The number of aryl methyl sites for hydroxylation is 1. The van der Waals surface area contributed by atoms with E-state index in [9.17, 15) is 0 Å². The Bertz CT molecular complexity index is 588. The van der Waals surface area contributed by atoms with Crippen LogP contribution in [-0.2, 0) is 0 Å². The van der Waals surface area contributed by atoms with E-state index in [1.54, 1.807) is 0 Å². The molecule has 1 aliphatic rings. The van der Waals surface area contributed by atoms with Crippen LogP contribution in [0.25, 0.3) is 11.3 Å². The molecule has 1 aliphatic heterocycles. The van der Waals surface area contributed by atoms with Crippen molar-refractivity contribution in [2.45, 2.75) is 6.92 Å². The maximum Gasteiger partial charge on any atom is 0.222 e. The highest BCUT2D eigenvalue weighted by Crippen LogP contribution is 2.23. The van der Waals surface area contributed by atoms with E-state index < -0.39 is 0 Å². The van der Waals surface area contributed by atoms with Crippen molar-refractivity contribution in [1.82, 2.24) is 15.3 Å². The van der Waals surface area contributed by atoms with E-state index in [-0.39, 0.29) is 0 Å². The van der Waals surface area contributed by atoms with Crippen LogP contribution in [0.5, 0.6) is 0 Å². The van der Waals surface area contributed by atoms with Gasteiger partial charge in [0.05, 0.1) is 5.69 Å². The lowest BCUT2D eigenvalue weighted by atomic mass is 10.1. The van der Waals surface area contributed by atoms with Crippen molar-refractivity contribution in [1.29, 1.82) is 0 Å². The summed E-state index contributed by atoms with van der Waals surface area (Å²) >= 11 is 0. The molecule has 3 N–H and O–H groups in total. The van der Waals surface area contributed by atoms with Gasteiger partial charge in [-0.05, 0) is 6.92 Å². The minimum Gasteiger partial charge on any atom is -0.368 e. The zero-order valence-corrected chi connectivity index (χ0v) is 11.6. The van der Waals surface area contributed by atoms with Gasteiger partial charge in [0, 0.05) is 37.8 Å². The highest BCUT2D eigenvalue weighted by Gasteiger charge is 2.14. The van der Waals surface area contributed by atoms with Crippen LogP contribution in [0.2, 0.25) is 0 Å². The molecule has 104 valence electrons. The molecule has 0 spiro atoms. The molecule has 2 aromatic rings. The lowest BCUT2D eigenvalue weighted by molar-refractivity contribution is 0.585. The van der Waals surface area contributed by atoms with Crippen LogP contribution in [0.1, 0.15) is 5.56 Å². The van der Waals surface area contributed by atoms with Gasteiger partial charge in [-0.15, -0.1) is 0 Å². The summed E-state index contributed by atoms with van der Waals surface area (Å²) in [6, 6.07) is 10.3. The van der Waals surface area contributed by atoms with E-state index in [2.05, 4.69) is 51.4 Å². The first-order chi connectivity index (χ1) is 9.72. The van der Waals surface area contributed by atoms with E-state index in [1.807, 2.05) is 6.07 Å². The van der Waals surface area contributed by atoms with Crippen molar-refractivity contribution in [3.8, 4) is 11.3 Å². The van der Waals surface area contributed by atoms with Gasteiger partial charge in [0.2, 0.25) is 5.95 Å². The number of nitrogen functional groups attached to an aromatic ring is 1. The van der Waals surface area contributed by atoms with Gasteiger partial charge in [0.1, 0.15) is 5.82 Å². The molecule has 0 radical (unpaired) electrons. The third-order valence-corrected chi connectivity index (χ3v) is 3.52. The van der Waals surface area contributed by atoms with Gasteiger partial charge in [-0.1, -0.05) is 29.8 Å². The Kier molecular flexibility index (Phi) is 3.52. The number of rotatable bonds is 2. The fourth-order valence-electron chi connectivity index (χ4n) is 2.38. The molecule has 20 heavy (non-hydrogen) atoms. The second-order valence-corrected chi connectivity index (χ2v) is 5.07. The second-order valence-electron chi connectivity index (χ2n) is 5.07. The van der Waals surface area contributed by atoms with Gasteiger partial charge >= 0.3 is 0 Å². The SMILES string of the molecule is Cc1ccc(-c2cc(N3CCNCC3)nc(N)n2)cc1. The number of hydrogen-bond acceptors (Lipinski definition) is 5. The van der Waals surface area contributed by atoms with Crippen molar-refractivity contribution in [2.24, 2.45) is 0 Å². The Morgan fingerprint density at radius 3 is 2.50 bits per heavy atom. The lowest BCUT2D eigenvalue weighted by Gasteiger charge is -2.28. The van der Waals surface area contributed by atoms with E-state index >= 15 is 0 Å². The molecule has 0 saturated carbocycles. The van der Waals surface area contributed by atoms with Crippen LogP contribution < -0.4 is 16.0 Å². The molecule has 0 unspecified atom stereocenters. The van der Waals surface area contributed by atoms with E-state index in [0.29, 0.717) is 5.95 Å². The summed E-state index contributed by atoms with van der Waals surface area (Å²) in [5, 5.41) is 3.34. The molecule has 2 heterocycles. The third kappa shape index (κ3) is 2.72. The molecular weight excluding hydrogens is 250 g/mol. The average molecular weight is 269 g/mol. The number of nitrogens with two attached hydrogens (primary N) is 1. The molecule has 0 amide bonds. The topological polar surface area (TPSA) is 67.1 Å². The largest absolute Gasteiger partial charge is 0.368 e. The highest BCUT2D eigenvalue weighted by atomic mass is 15.2. The number of hydrogen-bond donors (Lipinski definition) is 2. The quantitative estimate of drug-likeness (QED) is 0.863. The fourth-order valence-corrected chi connectivity index (χ4v) is 2.38. The van der Waals surface area contributed by atoms with Gasteiger partial charge in [0.25, 0.3) is 0 Å². The molecule has 0 aliphatic carbocycles. The summed E-state index contributed by atoms with van der Waals surface area (Å²) in [6.45, 7) is 5.92. The first-order valence-electron chi connectivity index (χ1n) is 6.89. The molecule has 1 saturated heterocycles. The van der Waals surface area contributed by atoms with Gasteiger partial charge in [-0.25, -0.2) is 4.98 Å². The first-order valence-corrected chi connectivity index (χ1v) is 6.89. The summed E-state index contributed by atoms with van der Waals surface area (Å²) in [4.78, 5) is 11.0. The summed E-state index contributed by atoms with van der Waals surface area (Å²) in [6.07, 6.45) is 0. The second kappa shape index (κ2) is 5.46. The molecule has 1 aromatic heterocycles. The molecule has 0 atom stereocenters. The van der Waals surface area contributed by atoms with Crippen molar-refractivity contribution < 1.29 is 0 Å². The van der Waals surface area contributed by atoms with Crippen LogP contribution in [0, 0.1) is 6.92 Å². The molecule has 1 aromatic carbocycles. The van der Waals surface area contributed by atoms with Gasteiger partial charge < -0.3 is 16.0 Å². The van der Waals surface area contributed by atoms with Gasteiger partial charge in [-0.3, -0.25) is 0 Å². The lowest BCUT2D eigenvalue weighted by Crippen LogP contribution is -2.44. The minimum absolute atomic E-state index is 0.330. The third-order valence-electron chi connectivity index (χ3n) is 3.52. The van der Waals surface area contributed by atoms with Crippen LogP contribution >= 0.6 is 0 Å². The number of anilines is 2. The molecule has 5 heteroatoms. The van der Waals surface area contributed by atoms with Crippen molar-refractivity contribution in [2.75, 3.05) is 36.8 Å². The average Bonchev–Trinajstić information content (AvgIpc) is 2.48. The zero-order valence-electron chi connectivity index (χ0n) is 11.6. The summed E-state index contributed by atoms with van der Waals surface area (Å²) in [7, 11) is 0. The maximum atomic E-state index is 5.87. The number of aromatic nitrogens is 2. The minimum atomic E-state index is 0.330. The molecule has 3 rings (SSSR count). The van der Waals surface area contributed by atoms with Gasteiger partial charge in [0.15, 0.2) is 0 Å². The summed E-state index contributed by atoms with van der Waals surface area (Å²) in [5.74, 6) is 1.24. The fraction of sp³-hybridized carbons (Fsp3) is 0.333. The first kappa shape index (κ1) is 12.9. The van der Waals surface area contributed by atoms with Crippen molar-refractivity contribution in [3.63, 3.8) is 0 Å². The van der Waals surface area contributed by atoms with E-state index in [4.69, 9.17) is 5.73 Å². The molecule has 5 nitrogen and oxygen atoms in total. The Hall–Kier alpha value is -2.14. The smallest absolute Gasteiger partial charge is 0.222 e. The van der Waals surface area contributed by atoms with Crippen LogP contribution in [-0.4, -0.2) is 36.1 Å².